The maximum Gasteiger partial charge on any atom is 0.264 e. The van der Waals surface area contributed by atoms with Gasteiger partial charge >= 0.3 is 0 Å². The molecule has 0 saturated heterocycles. The molecule has 0 amide bonds. The van der Waals surface area contributed by atoms with E-state index in [1.807, 2.05) is 60.2 Å². The number of nitrogens with zero attached hydrogens (tertiary/aromatic N) is 1. The zero-order valence-electron chi connectivity index (χ0n) is 13.5. The van der Waals surface area contributed by atoms with Crippen LogP contribution in [-0.4, -0.2) is 22.0 Å². The number of hydrogen-bond donors (Lipinski definition) is 2. The van der Waals surface area contributed by atoms with Gasteiger partial charge in [0.2, 0.25) is 0 Å². The van der Waals surface area contributed by atoms with Crippen molar-refractivity contribution in [2.75, 3.05) is 6.54 Å². The van der Waals surface area contributed by atoms with Gasteiger partial charge in [0.05, 0.1) is 16.6 Å². The Bertz CT molecular complexity index is 1060. The molecule has 2 heterocycles. The van der Waals surface area contributed by atoms with E-state index in [0.717, 1.165) is 39.5 Å². The molecular formula is C20H19N3O. The van der Waals surface area contributed by atoms with E-state index in [1.54, 1.807) is 0 Å². The van der Waals surface area contributed by atoms with Crippen molar-refractivity contribution in [3.8, 4) is 0 Å². The van der Waals surface area contributed by atoms with Gasteiger partial charge in [-0.3, -0.25) is 9.36 Å². The van der Waals surface area contributed by atoms with Crippen LogP contribution in [0.15, 0.2) is 54.7 Å². The van der Waals surface area contributed by atoms with Crippen LogP contribution in [0, 0.1) is 6.92 Å². The number of aromatic nitrogens is 2. The number of carbonyl (C=O) groups excluding carboxylic acids is 1. The van der Waals surface area contributed by atoms with Gasteiger partial charge in [-0.15, -0.1) is 0 Å². The Morgan fingerprint density at radius 3 is 2.79 bits per heavy atom. The Labute approximate surface area is 139 Å². The van der Waals surface area contributed by atoms with Crippen molar-refractivity contribution in [1.29, 1.82) is 0 Å². The molecule has 0 aliphatic carbocycles. The molecule has 120 valence electrons. The Kier molecular flexibility index (Phi) is 3.47. The number of rotatable bonds is 3. The molecule has 2 aromatic carbocycles. The number of aromatic amines is 1. The molecule has 0 aliphatic rings. The number of benzene rings is 2. The predicted molar refractivity (Wildman–Crippen MR) is 97.5 cm³/mol. The number of H-pyrrole nitrogens is 1. The van der Waals surface area contributed by atoms with Crippen LogP contribution in [-0.2, 0) is 6.42 Å². The van der Waals surface area contributed by atoms with Gasteiger partial charge in [0.25, 0.3) is 5.91 Å². The highest BCUT2D eigenvalue weighted by Gasteiger charge is 2.20. The van der Waals surface area contributed by atoms with Gasteiger partial charge in [-0.1, -0.05) is 30.3 Å². The summed E-state index contributed by atoms with van der Waals surface area (Å²) in [4.78, 5) is 16.5. The molecule has 0 aliphatic heterocycles. The number of carbonyl (C=O) groups is 1. The van der Waals surface area contributed by atoms with E-state index in [0.29, 0.717) is 12.1 Å². The zero-order chi connectivity index (χ0) is 16.7. The second-order valence-electron chi connectivity index (χ2n) is 6.01. The van der Waals surface area contributed by atoms with Gasteiger partial charge < -0.3 is 10.7 Å². The van der Waals surface area contributed by atoms with Gasteiger partial charge in [-0.25, -0.2) is 0 Å². The third-order valence-electron chi connectivity index (χ3n) is 4.66. The Balaban J connectivity index is 1.98. The van der Waals surface area contributed by atoms with Crippen molar-refractivity contribution < 1.29 is 4.79 Å². The number of para-hydroxylation sites is 2. The molecule has 2 aromatic heterocycles. The lowest BCUT2D eigenvalue weighted by molar-refractivity contribution is 0.0964. The van der Waals surface area contributed by atoms with Crippen LogP contribution in [0.25, 0.3) is 21.8 Å². The zero-order valence-corrected chi connectivity index (χ0v) is 13.5. The molecular weight excluding hydrogens is 298 g/mol. The Morgan fingerprint density at radius 1 is 1.12 bits per heavy atom. The third-order valence-corrected chi connectivity index (χ3v) is 4.66. The lowest BCUT2D eigenvalue weighted by atomic mass is 10.1. The smallest absolute Gasteiger partial charge is 0.264 e. The fraction of sp³-hybridized carbons (Fsp3) is 0.150. The highest BCUT2D eigenvalue weighted by molar-refractivity contribution is 6.10. The second-order valence-corrected chi connectivity index (χ2v) is 6.01. The van der Waals surface area contributed by atoms with Gasteiger partial charge in [0.15, 0.2) is 0 Å². The van der Waals surface area contributed by atoms with Crippen LogP contribution >= 0.6 is 0 Å². The molecule has 3 N–H and O–H groups in total. The number of hydrogen-bond acceptors (Lipinski definition) is 2. The Hall–Kier alpha value is -2.85. The van der Waals surface area contributed by atoms with E-state index in [9.17, 15) is 4.79 Å². The van der Waals surface area contributed by atoms with Crippen molar-refractivity contribution in [2.24, 2.45) is 5.73 Å². The van der Waals surface area contributed by atoms with Crippen molar-refractivity contribution in [3.05, 3.63) is 71.5 Å². The topological polar surface area (TPSA) is 63.8 Å². The number of nitrogens with two attached hydrogens (primary N) is 1. The summed E-state index contributed by atoms with van der Waals surface area (Å²) >= 11 is 0. The molecule has 0 unspecified atom stereocenters. The van der Waals surface area contributed by atoms with E-state index < -0.39 is 0 Å². The van der Waals surface area contributed by atoms with Gasteiger partial charge in [-0.2, -0.15) is 0 Å². The summed E-state index contributed by atoms with van der Waals surface area (Å²) in [5, 5.41) is 2.14. The molecule has 0 radical (unpaired) electrons. The molecule has 0 atom stereocenters. The first-order valence-electron chi connectivity index (χ1n) is 8.12. The summed E-state index contributed by atoms with van der Waals surface area (Å²) in [6.07, 6.45) is 2.63. The van der Waals surface area contributed by atoms with Crippen LogP contribution in [0.2, 0.25) is 0 Å². The van der Waals surface area contributed by atoms with Crippen molar-refractivity contribution >= 4 is 27.7 Å². The van der Waals surface area contributed by atoms with Crippen LogP contribution in [0.5, 0.6) is 0 Å². The predicted octanol–water partition coefficient (Wildman–Crippen LogP) is 3.62. The maximum absolute atomic E-state index is 13.3. The summed E-state index contributed by atoms with van der Waals surface area (Å²) in [6.45, 7) is 2.56. The van der Waals surface area contributed by atoms with Crippen molar-refractivity contribution in [2.45, 2.75) is 13.3 Å². The SMILES string of the molecule is Cc1c(CCN)c2ccccc2n1C(=O)c1cccc2cc[nH]c12. The molecule has 4 nitrogen and oxygen atoms in total. The molecule has 4 heteroatoms. The molecule has 24 heavy (non-hydrogen) atoms. The monoisotopic (exact) mass is 317 g/mol. The third kappa shape index (κ3) is 2.07. The second kappa shape index (κ2) is 5.65. The standard InChI is InChI=1S/C20H19N3O/c1-13-15(9-11-21)16-6-2-3-8-18(16)23(13)20(24)17-7-4-5-14-10-12-22-19(14)17/h2-8,10,12,22H,9,11,21H2,1H3. The molecule has 0 spiro atoms. The average Bonchev–Trinajstić information content (AvgIpc) is 3.18. The summed E-state index contributed by atoms with van der Waals surface area (Å²) in [6, 6.07) is 15.8. The molecule has 0 saturated carbocycles. The molecule has 4 rings (SSSR count). The van der Waals surface area contributed by atoms with Crippen LogP contribution in [0.3, 0.4) is 0 Å². The quantitative estimate of drug-likeness (QED) is 0.606. The first-order chi connectivity index (χ1) is 11.7. The van der Waals surface area contributed by atoms with E-state index >= 15 is 0 Å². The number of nitrogens with one attached hydrogen (secondary N) is 1. The Morgan fingerprint density at radius 2 is 1.96 bits per heavy atom. The highest BCUT2D eigenvalue weighted by Crippen LogP contribution is 2.28. The summed E-state index contributed by atoms with van der Waals surface area (Å²) in [7, 11) is 0. The minimum atomic E-state index is -0.0139. The minimum Gasteiger partial charge on any atom is -0.361 e. The lowest BCUT2D eigenvalue weighted by Gasteiger charge is -2.09. The van der Waals surface area contributed by atoms with E-state index in [4.69, 9.17) is 5.73 Å². The molecule has 0 bridgehead atoms. The van der Waals surface area contributed by atoms with Gasteiger partial charge in [0.1, 0.15) is 0 Å². The fourth-order valence-corrected chi connectivity index (χ4v) is 3.54. The highest BCUT2D eigenvalue weighted by atomic mass is 16.2. The van der Waals surface area contributed by atoms with E-state index in [1.165, 1.54) is 0 Å². The van der Waals surface area contributed by atoms with Gasteiger partial charge in [-0.05, 0) is 43.7 Å². The molecule has 4 aromatic rings. The largest absolute Gasteiger partial charge is 0.361 e. The van der Waals surface area contributed by atoms with Gasteiger partial charge in [0, 0.05) is 22.7 Å². The minimum absolute atomic E-state index is 0.0139. The van der Waals surface area contributed by atoms with Crippen LogP contribution in [0.1, 0.15) is 21.6 Å². The first-order valence-corrected chi connectivity index (χ1v) is 8.12. The van der Waals surface area contributed by atoms with Crippen LogP contribution in [0.4, 0.5) is 0 Å². The van der Waals surface area contributed by atoms with E-state index in [-0.39, 0.29) is 5.91 Å². The summed E-state index contributed by atoms with van der Waals surface area (Å²) in [5.41, 5.74) is 10.4. The summed E-state index contributed by atoms with van der Waals surface area (Å²) in [5.74, 6) is -0.0139. The maximum atomic E-state index is 13.3. The number of fused-ring (bicyclic) bond motifs is 2. The normalized spacial score (nSPS) is 11.4. The van der Waals surface area contributed by atoms with Crippen molar-refractivity contribution in [3.63, 3.8) is 0 Å². The van der Waals surface area contributed by atoms with Crippen molar-refractivity contribution in [1.82, 2.24) is 9.55 Å². The lowest BCUT2D eigenvalue weighted by Crippen LogP contribution is -2.14. The van der Waals surface area contributed by atoms with E-state index in [2.05, 4.69) is 11.1 Å². The average molecular weight is 317 g/mol. The first kappa shape index (κ1) is 14.7. The summed E-state index contributed by atoms with van der Waals surface area (Å²) < 4.78 is 1.82. The fourth-order valence-electron chi connectivity index (χ4n) is 3.54. The molecule has 0 fully saturated rings. The van der Waals surface area contributed by atoms with Crippen LogP contribution < -0.4 is 5.73 Å².